The Hall–Kier alpha value is -2.38. The third-order valence-electron chi connectivity index (χ3n) is 4.73. The zero-order valence-corrected chi connectivity index (χ0v) is 12.0. The van der Waals surface area contributed by atoms with Gasteiger partial charge in [-0.1, -0.05) is 42.5 Å². The van der Waals surface area contributed by atoms with Crippen LogP contribution in [0.4, 0.5) is 0 Å². The van der Waals surface area contributed by atoms with Gasteiger partial charge in [0.05, 0.1) is 0 Å². The van der Waals surface area contributed by atoms with Gasteiger partial charge < -0.3 is 0 Å². The normalized spacial score (nSPS) is 12.8. The summed E-state index contributed by atoms with van der Waals surface area (Å²) in [4.78, 5) is 0. The van der Waals surface area contributed by atoms with E-state index in [9.17, 15) is 0 Å². The highest BCUT2D eigenvalue weighted by atomic mass is 32.1. The minimum Gasteiger partial charge on any atom is -0.135 e. The maximum atomic E-state index is 2.37. The van der Waals surface area contributed by atoms with Gasteiger partial charge in [-0.05, 0) is 50.5 Å². The van der Waals surface area contributed by atoms with Crippen molar-refractivity contribution in [3.05, 3.63) is 60.7 Å². The number of hydrogen-bond donors (Lipinski definition) is 0. The first kappa shape index (κ1) is 10.4. The van der Waals surface area contributed by atoms with Gasteiger partial charge in [0.2, 0.25) is 0 Å². The molecule has 0 bridgehead atoms. The molecule has 1 heterocycles. The minimum atomic E-state index is 1.35. The summed E-state index contributed by atoms with van der Waals surface area (Å²) >= 11 is 1.92. The van der Waals surface area contributed by atoms with Crippen molar-refractivity contribution in [2.24, 2.45) is 0 Å². The lowest BCUT2D eigenvalue weighted by Gasteiger charge is -2.12. The topological polar surface area (TPSA) is 0 Å². The molecule has 6 aromatic rings. The second-order valence-electron chi connectivity index (χ2n) is 5.83. The molecule has 0 atom stereocenters. The molecule has 0 aliphatic rings. The highest BCUT2D eigenvalue weighted by Crippen LogP contribution is 2.46. The maximum absolute atomic E-state index is 2.37. The highest BCUT2D eigenvalue weighted by Gasteiger charge is 2.16. The standard InChI is InChI=1S/C20H10S/c1-3-11-7-8-14-9-12-5-2-6-15-18(12)20-16(21-15)10-13(4-1)17(11)19(14)20/h1-10H. The van der Waals surface area contributed by atoms with Crippen LogP contribution in [0.2, 0.25) is 0 Å². The van der Waals surface area contributed by atoms with Crippen LogP contribution in [0.25, 0.3) is 52.5 Å². The zero-order valence-electron chi connectivity index (χ0n) is 11.2. The number of hydrogen-bond acceptors (Lipinski definition) is 1. The quantitative estimate of drug-likeness (QED) is 0.224. The molecule has 5 aromatic carbocycles. The van der Waals surface area contributed by atoms with Crippen LogP contribution in [0.3, 0.4) is 0 Å². The van der Waals surface area contributed by atoms with Crippen molar-refractivity contribution in [1.29, 1.82) is 0 Å². The molecule has 96 valence electrons. The van der Waals surface area contributed by atoms with E-state index in [-0.39, 0.29) is 0 Å². The van der Waals surface area contributed by atoms with E-state index in [1.54, 1.807) is 0 Å². The van der Waals surface area contributed by atoms with E-state index in [1.165, 1.54) is 52.5 Å². The zero-order chi connectivity index (χ0) is 13.6. The molecule has 0 unspecified atom stereocenters. The second kappa shape index (κ2) is 3.26. The molecule has 0 fully saturated rings. The molecule has 0 saturated heterocycles. The van der Waals surface area contributed by atoms with E-state index in [0.717, 1.165) is 0 Å². The molecule has 0 aliphatic heterocycles. The van der Waals surface area contributed by atoms with Gasteiger partial charge in [-0.2, -0.15) is 0 Å². The van der Waals surface area contributed by atoms with Gasteiger partial charge in [0.15, 0.2) is 0 Å². The molecule has 1 aromatic heterocycles. The monoisotopic (exact) mass is 282 g/mol. The predicted octanol–water partition coefficient (Wildman–Crippen LogP) is 6.39. The van der Waals surface area contributed by atoms with Crippen molar-refractivity contribution in [3.63, 3.8) is 0 Å². The highest BCUT2D eigenvalue weighted by molar-refractivity contribution is 7.26. The summed E-state index contributed by atoms with van der Waals surface area (Å²) in [5.41, 5.74) is 0. The second-order valence-corrected chi connectivity index (χ2v) is 6.91. The van der Waals surface area contributed by atoms with Gasteiger partial charge >= 0.3 is 0 Å². The summed E-state index contributed by atoms with van der Waals surface area (Å²) in [5, 5.41) is 11.2. The first-order chi connectivity index (χ1) is 10.4. The fraction of sp³-hybridized carbons (Fsp3) is 0. The summed E-state index contributed by atoms with van der Waals surface area (Å²) < 4.78 is 2.82. The van der Waals surface area contributed by atoms with Gasteiger partial charge in [-0.15, -0.1) is 11.3 Å². The van der Waals surface area contributed by atoms with Crippen LogP contribution in [0, 0.1) is 0 Å². The van der Waals surface area contributed by atoms with Gasteiger partial charge in [0.1, 0.15) is 0 Å². The van der Waals surface area contributed by atoms with Crippen LogP contribution < -0.4 is 0 Å². The largest absolute Gasteiger partial charge is 0.135 e. The summed E-state index contributed by atoms with van der Waals surface area (Å²) in [6.45, 7) is 0. The summed E-state index contributed by atoms with van der Waals surface area (Å²) in [5.74, 6) is 0. The van der Waals surface area contributed by atoms with Gasteiger partial charge in [0, 0.05) is 20.2 Å². The van der Waals surface area contributed by atoms with Crippen LogP contribution in [0.5, 0.6) is 0 Å². The van der Waals surface area contributed by atoms with Crippen LogP contribution >= 0.6 is 11.3 Å². The maximum Gasteiger partial charge on any atom is 0.0368 e. The van der Waals surface area contributed by atoms with Gasteiger partial charge in [0.25, 0.3) is 0 Å². The Morgan fingerprint density at radius 2 is 1.19 bits per heavy atom. The lowest BCUT2D eigenvalue weighted by molar-refractivity contribution is 1.83. The number of thiophene rings is 1. The van der Waals surface area contributed by atoms with E-state index in [2.05, 4.69) is 60.7 Å². The van der Waals surface area contributed by atoms with Crippen LogP contribution in [0.15, 0.2) is 60.7 Å². The van der Waals surface area contributed by atoms with E-state index in [0.29, 0.717) is 0 Å². The molecule has 6 rings (SSSR count). The van der Waals surface area contributed by atoms with Crippen LogP contribution in [-0.2, 0) is 0 Å². The first-order valence-corrected chi connectivity index (χ1v) is 8.03. The summed E-state index contributed by atoms with van der Waals surface area (Å²) in [6, 6.07) is 22.5. The van der Waals surface area contributed by atoms with E-state index in [4.69, 9.17) is 0 Å². The Bertz CT molecular complexity index is 1270. The summed E-state index contributed by atoms with van der Waals surface area (Å²) in [6.07, 6.45) is 0. The molecule has 0 amide bonds. The van der Waals surface area contributed by atoms with Crippen molar-refractivity contribution in [1.82, 2.24) is 0 Å². The minimum absolute atomic E-state index is 1.35. The molecular formula is C20H10S. The first-order valence-electron chi connectivity index (χ1n) is 7.21. The lowest BCUT2D eigenvalue weighted by atomic mass is 9.91. The third kappa shape index (κ3) is 1.10. The van der Waals surface area contributed by atoms with Crippen molar-refractivity contribution in [3.8, 4) is 0 Å². The van der Waals surface area contributed by atoms with E-state index < -0.39 is 0 Å². The Kier molecular flexibility index (Phi) is 1.61. The predicted molar refractivity (Wildman–Crippen MR) is 94.2 cm³/mol. The van der Waals surface area contributed by atoms with Gasteiger partial charge in [-0.3, -0.25) is 0 Å². The fourth-order valence-corrected chi connectivity index (χ4v) is 5.10. The molecule has 1 heteroatoms. The average Bonchev–Trinajstić information content (AvgIpc) is 2.89. The Balaban J connectivity index is 2.17. The smallest absolute Gasteiger partial charge is 0.0368 e. The molecule has 0 aliphatic carbocycles. The van der Waals surface area contributed by atoms with Gasteiger partial charge in [-0.25, -0.2) is 0 Å². The Morgan fingerprint density at radius 3 is 2.14 bits per heavy atom. The molecule has 0 N–H and O–H groups in total. The Labute approximate surface area is 124 Å². The van der Waals surface area contributed by atoms with Crippen molar-refractivity contribution in [2.75, 3.05) is 0 Å². The molecule has 0 saturated carbocycles. The SMILES string of the molecule is c1cc2ccc3cc4cccc5sc6cc(c1)c2c3c6c45. The molecule has 0 radical (unpaired) electrons. The average molecular weight is 282 g/mol. The van der Waals surface area contributed by atoms with Crippen LogP contribution in [0.1, 0.15) is 0 Å². The third-order valence-corrected chi connectivity index (χ3v) is 5.83. The molecule has 0 nitrogen and oxygen atoms in total. The lowest BCUT2D eigenvalue weighted by Crippen LogP contribution is -1.84. The number of benzene rings is 5. The molecule has 0 spiro atoms. The van der Waals surface area contributed by atoms with Crippen molar-refractivity contribution in [2.45, 2.75) is 0 Å². The van der Waals surface area contributed by atoms with Crippen molar-refractivity contribution >= 4 is 63.8 Å². The van der Waals surface area contributed by atoms with Crippen molar-refractivity contribution < 1.29 is 0 Å². The molecule has 21 heavy (non-hydrogen) atoms. The number of rotatable bonds is 0. The van der Waals surface area contributed by atoms with E-state index >= 15 is 0 Å². The van der Waals surface area contributed by atoms with E-state index in [1.807, 2.05) is 11.3 Å². The molecular weight excluding hydrogens is 272 g/mol. The Morgan fingerprint density at radius 1 is 0.476 bits per heavy atom. The van der Waals surface area contributed by atoms with Crippen LogP contribution in [-0.4, -0.2) is 0 Å². The summed E-state index contributed by atoms with van der Waals surface area (Å²) in [7, 11) is 0. The fourth-order valence-electron chi connectivity index (χ4n) is 3.91.